The minimum absolute atomic E-state index is 0.109. The molecule has 3 rings (SSSR count). The smallest absolute Gasteiger partial charge is 0.273 e. The third-order valence-electron chi connectivity index (χ3n) is 3.96. The van der Waals surface area contributed by atoms with Gasteiger partial charge in [-0.1, -0.05) is 70.8 Å². The van der Waals surface area contributed by atoms with Gasteiger partial charge in [-0.25, -0.2) is 0 Å². The van der Waals surface area contributed by atoms with Gasteiger partial charge in [-0.3, -0.25) is 9.59 Å². The summed E-state index contributed by atoms with van der Waals surface area (Å²) < 4.78 is 5.18. The molecular weight excluding hydrogens is 401 g/mol. The molecule has 28 heavy (non-hydrogen) atoms. The highest BCUT2D eigenvalue weighted by Gasteiger charge is 2.14. The van der Waals surface area contributed by atoms with E-state index in [1.807, 2.05) is 36.4 Å². The van der Waals surface area contributed by atoms with E-state index < -0.39 is 5.91 Å². The number of amides is 2. The van der Waals surface area contributed by atoms with Gasteiger partial charge in [0.15, 0.2) is 11.5 Å². The predicted molar refractivity (Wildman–Crippen MR) is 107 cm³/mol. The number of halogens is 2. The van der Waals surface area contributed by atoms with Gasteiger partial charge < -0.3 is 15.2 Å². The molecule has 0 aliphatic rings. The van der Waals surface area contributed by atoms with Crippen molar-refractivity contribution in [3.05, 3.63) is 75.9 Å². The molecule has 0 saturated heterocycles. The van der Waals surface area contributed by atoms with Crippen molar-refractivity contribution in [2.75, 3.05) is 13.1 Å². The Labute approximate surface area is 171 Å². The van der Waals surface area contributed by atoms with Crippen LogP contribution in [0.5, 0.6) is 0 Å². The predicted octanol–water partition coefficient (Wildman–Crippen LogP) is 3.74. The van der Waals surface area contributed by atoms with Gasteiger partial charge in [-0.15, -0.1) is 0 Å². The molecule has 0 radical (unpaired) electrons. The van der Waals surface area contributed by atoms with E-state index in [1.165, 1.54) is 6.07 Å². The van der Waals surface area contributed by atoms with Crippen LogP contribution in [0.2, 0.25) is 10.0 Å². The minimum Gasteiger partial charge on any atom is -0.355 e. The van der Waals surface area contributed by atoms with Crippen LogP contribution in [0.15, 0.2) is 59.1 Å². The maximum absolute atomic E-state index is 12.1. The lowest BCUT2D eigenvalue weighted by molar-refractivity contribution is -0.120. The van der Waals surface area contributed by atoms with Crippen LogP contribution in [0, 0.1) is 0 Å². The molecule has 0 aliphatic heterocycles. The van der Waals surface area contributed by atoms with Crippen LogP contribution in [-0.4, -0.2) is 30.1 Å². The van der Waals surface area contributed by atoms with Crippen LogP contribution in [0.25, 0.3) is 11.3 Å². The Kier molecular flexibility index (Phi) is 6.68. The summed E-state index contributed by atoms with van der Waals surface area (Å²) in [6, 6.07) is 16.2. The maximum Gasteiger partial charge on any atom is 0.273 e. The second kappa shape index (κ2) is 9.39. The number of nitrogens with zero attached hydrogens (tertiary/aromatic N) is 1. The van der Waals surface area contributed by atoms with E-state index in [2.05, 4.69) is 15.8 Å². The maximum atomic E-state index is 12.1. The van der Waals surface area contributed by atoms with Gasteiger partial charge in [0, 0.05) is 18.2 Å². The first kappa shape index (κ1) is 19.9. The minimum atomic E-state index is -0.487. The first-order chi connectivity index (χ1) is 13.5. The topological polar surface area (TPSA) is 84.2 Å². The van der Waals surface area contributed by atoms with Crippen LogP contribution >= 0.6 is 23.2 Å². The zero-order chi connectivity index (χ0) is 19.9. The monoisotopic (exact) mass is 417 g/mol. The fourth-order valence-electron chi connectivity index (χ4n) is 2.51. The van der Waals surface area contributed by atoms with Crippen molar-refractivity contribution in [2.45, 2.75) is 6.42 Å². The summed E-state index contributed by atoms with van der Waals surface area (Å²) in [5, 5.41) is 9.92. The van der Waals surface area contributed by atoms with E-state index in [0.717, 1.165) is 11.1 Å². The summed E-state index contributed by atoms with van der Waals surface area (Å²) >= 11 is 12.1. The summed E-state index contributed by atoms with van der Waals surface area (Å²) in [4.78, 5) is 24.0. The van der Waals surface area contributed by atoms with Crippen LogP contribution < -0.4 is 10.6 Å². The van der Waals surface area contributed by atoms with Gasteiger partial charge in [0.2, 0.25) is 5.91 Å². The highest BCUT2D eigenvalue weighted by molar-refractivity contribution is 6.42. The van der Waals surface area contributed by atoms with Gasteiger partial charge in [0.05, 0.1) is 16.6 Å². The molecule has 0 saturated carbocycles. The number of aromatic nitrogens is 1. The molecule has 2 aromatic carbocycles. The molecule has 0 bridgehead atoms. The summed E-state index contributed by atoms with van der Waals surface area (Å²) in [6.45, 7) is 0.201. The third-order valence-corrected chi connectivity index (χ3v) is 4.82. The largest absolute Gasteiger partial charge is 0.355 e. The summed E-state index contributed by atoms with van der Waals surface area (Å²) in [5.74, 6) is -0.328. The van der Waals surface area contributed by atoms with Crippen molar-refractivity contribution in [1.29, 1.82) is 0 Å². The van der Waals surface area contributed by atoms with E-state index >= 15 is 0 Å². The van der Waals surface area contributed by atoms with Crippen molar-refractivity contribution in [2.24, 2.45) is 0 Å². The molecule has 0 fully saturated rings. The van der Waals surface area contributed by atoms with Gasteiger partial charge in [0.1, 0.15) is 0 Å². The van der Waals surface area contributed by atoms with E-state index in [-0.39, 0.29) is 18.1 Å². The fraction of sp³-hybridized carbons (Fsp3) is 0.150. The molecule has 1 aromatic heterocycles. The van der Waals surface area contributed by atoms with Gasteiger partial charge in [-0.2, -0.15) is 0 Å². The number of benzene rings is 2. The lowest BCUT2D eigenvalue weighted by Gasteiger charge is -2.08. The zero-order valence-electron chi connectivity index (χ0n) is 14.7. The fourth-order valence-corrected chi connectivity index (χ4v) is 2.93. The van der Waals surface area contributed by atoms with E-state index in [9.17, 15) is 9.59 Å². The molecule has 2 N–H and O–H groups in total. The first-order valence-electron chi connectivity index (χ1n) is 8.54. The average Bonchev–Trinajstić information content (AvgIpc) is 3.20. The quantitative estimate of drug-likeness (QED) is 0.613. The second-order valence-electron chi connectivity index (χ2n) is 5.94. The Morgan fingerprint density at radius 1 is 1.00 bits per heavy atom. The Hall–Kier alpha value is -2.83. The van der Waals surface area contributed by atoms with Gasteiger partial charge in [-0.05, 0) is 18.1 Å². The first-order valence-corrected chi connectivity index (χ1v) is 9.30. The van der Waals surface area contributed by atoms with E-state index in [0.29, 0.717) is 28.8 Å². The van der Waals surface area contributed by atoms with Crippen LogP contribution in [0.4, 0.5) is 0 Å². The summed E-state index contributed by atoms with van der Waals surface area (Å²) in [6.07, 6.45) is 0.531. The highest BCUT2D eigenvalue weighted by atomic mass is 35.5. The molecule has 8 heteroatoms. The van der Waals surface area contributed by atoms with Gasteiger partial charge >= 0.3 is 0 Å². The van der Waals surface area contributed by atoms with Crippen LogP contribution in [0.3, 0.4) is 0 Å². The van der Waals surface area contributed by atoms with Crippen molar-refractivity contribution in [1.82, 2.24) is 15.8 Å². The van der Waals surface area contributed by atoms with Crippen molar-refractivity contribution in [3.63, 3.8) is 0 Å². The number of carbonyl (C=O) groups is 2. The molecule has 0 aliphatic carbocycles. The standard InChI is InChI=1S/C20H17Cl2N3O3/c21-15-8-4-7-14(19(15)22)9-10-23-18(26)12-24-20(27)16-11-17(28-25-16)13-5-2-1-3-6-13/h1-8,11H,9-10,12H2,(H,23,26)(H,24,27). The number of nitrogens with one attached hydrogen (secondary N) is 2. The molecule has 144 valence electrons. The van der Waals surface area contributed by atoms with Gasteiger partial charge in [0.25, 0.3) is 5.91 Å². The molecule has 1 heterocycles. The SMILES string of the molecule is O=C(CNC(=O)c1cc(-c2ccccc2)on1)NCCc1cccc(Cl)c1Cl. The summed E-state index contributed by atoms with van der Waals surface area (Å²) in [5.41, 5.74) is 1.76. The molecule has 0 spiro atoms. The Bertz CT molecular complexity index is 974. The molecule has 0 unspecified atom stereocenters. The van der Waals surface area contributed by atoms with E-state index in [4.69, 9.17) is 27.7 Å². The molecule has 6 nitrogen and oxygen atoms in total. The molecule has 2 amide bonds. The van der Waals surface area contributed by atoms with E-state index in [1.54, 1.807) is 12.1 Å². The Balaban J connectivity index is 1.45. The summed E-state index contributed by atoms with van der Waals surface area (Å²) in [7, 11) is 0. The van der Waals surface area contributed by atoms with Crippen LogP contribution in [0.1, 0.15) is 16.1 Å². The Morgan fingerprint density at radius 2 is 1.79 bits per heavy atom. The highest BCUT2D eigenvalue weighted by Crippen LogP contribution is 2.25. The zero-order valence-corrected chi connectivity index (χ0v) is 16.3. The number of rotatable bonds is 7. The molecule has 0 atom stereocenters. The lowest BCUT2D eigenvalue weighted by Crippen LogP contribution is -2.37. The van der Waals surface area contributed by atoms with Crippen LogP contribution in [-0.2, 0) is 11.2 Å². The molecule has 3 aromatic rings. The third kappa shape index (κ3) is 5.12. The van der Waals surface area contributed by atoms with Crippen molar-refractivity contribution in [3.8, 4) is 11.3 Å². The Morgan fingerprint density at radius 3 is 2.57 bits per heavy atom. The van der Waals surface area contributed by atoms with Crippen molar-refractivity contribution < 1.29 is 14.1 Å². The number of hydrogen-bond acceptors (Lipinski definition) is 4. The number of carbonyl (C=O) groups excluding carboxylic acids is 2. The average molecular weight is 418 g/mol. The molecular formula is C20H17Cl2N3O3. The second-order valence-corrected chi connectivity index (χ2v) is 6.72. The normalized spacial score (nSPS) is 10.5. The van der Waals surface area contributed by atoms with Crippen molar-refractivity contribution >= 4 is 35.0 Å². The number of hydrogen-bond donors (Lipinski definition) is 2. The lowest BCUT2D eigenvalue weighted by atomic mass is 10.1.